The number of carbonyl (C=O) groups is 1. The van der Waals surface area contributed by atoms with Crippen LogP contribution in [0.2, 0.25) is 0 Å². The number of hydrogen-bond donors (Lipinski definition) is 2. The van der Waals surface area contributed by atoms with Crippen LogP contribution in [0.3, 0.4) is 0 Å². The van der Waals surface area contributed by atoms with Crippen LogP contribution in [0.5, 0.6) is 0 Å². The van der Waals surface area contributed by atoms with Crippen molar-refractivity contribution < 1.29 is 4.79 Å². The minimum atomic E-state index is -0.390. The van der Waals surface area contributed by atoms with Gasteiger partial charge in [-0.1, -0.05) is 36.4 Å². The summed E-state index contributed by atoms with van der Waals surface area (Å²) in [6.45, 7) is 0.603. The number of primary amides is 1. The van der Waals surface area contributed by atoms with Gasteiger partial charge in [0.1, 0.15) is 0 Å². The van der Waals surface area contributed by atoms with E-state index in [0.717, 1.165) is 39.6 Å². The molecule has 5 nitrogen and oxygen atoms in total. The van der Waals surface area contributed by atoms with Crippen molar-refractivity contribution in [3.63, 3.8) is 0 Å². The molecule has 0 bridgehead atoms. The van der Waals surface area contributed by atoms with Gasteiger partial charge in [0.05, 0.1) is 6.04 Å². The van der Waals surface area contributed by atoms with Crippen LogP contribution in [0.4, 0.5) is 4.79 Å². The summed E-state index contributed by atoms with van der Waals surface area (Å²) in [5, 5.41) is 1.12. The Morgan fingerprint density at radius 1 is 1.04 bits per heavy atom. The number of nitrogens with zero attached hydrogens (tertiary/aromatic N) is 2. The first-order valence-electron chi connectivity index (χ1n) is 9.37. The lowest BCUT2D eigenvalue weighted by Crippen LogP contribution is -2.43. The van der Waals surface area contributed by atoms with Gasteiger partial charge in [-0.25, -0.2) is 4.79 Å². The summed E-state index contributed by atoms with van der Waals surface area (Å²) in [6.07, 6.45) is 6.39. The van der Waals surface area contributed by atoms with Crippen molar-refractivity contribution in [3.8, 4) is 11.1 Å². The number of nitrogens with two attached hydrogens (primary N) is 1. The molecular weight excluding hydrogens is 348 g/mol. The molecule has 0 aliphatic carbocycles. The zero-order chi connectivity index (χ0) is 19.1. The van der Waals surface area contributed by atoms with Gasteiger partial charge in [0.2, 0.25) is 0 Å². The summed E-state index contributed by atoms with van der Waals surface area (Å²) in [6, 6.07) is 18.1. The largest absolute Gasteiger partial charge is 0.361 e. The Morgan fingerprint density at radius 2 is 1.86 bits per heavy atom. The van der Waals surface area contributed by atoms with E-state index in [-0.39, 0.29) is 12.1 Å². The molecule has 0 radical (unpaired) electrons. The zero-order valence-corrected chi connectivity index (χ0v) is 15.3. The highest BCUT2D eigenvalue weighted by atomic mass is 16.2. The van der Waals surface area contributed by atoms with Crippen LogP contribution in [0.15, 0.2) is 73.2 Å². The van der Waals surface area contributed by atoms with E-state index < -0.39 is 0 Å². The topological polar surface area (TPSA) is 75.0 Å². The second kappa shape index (κ2) is 6.53. The third kappa shape index (κ3) is 2.63. The summed E-state index contributed by atoms with van der Waals surface area (Å²) < 4.78 is 0. The molecule has 3 N–H and O–H groups in total. The zero-order valence-electron chi connectivity index (χ0n) is 15.3. The number of para-hydroxylation sites is 1. The van der Waals surface area contributed by atoms with Crippen molar-refractivity contribution in [2.24, 2.45) is 5.73 Å². The summed E-state index contributed by atoms with van der Waals surface area (Å²) in [7, 11) is 0. The molecule has 4 aromatic rings. The van der Waals surface area contributed by atoms with Crippen LogP contribution >= 0.6 is 0 Å². The predicted molar refractivity (Wildman–Crippen MR) is 110 cm³/mol. The number of benzene rings is 2. The molecule has 1 unspecified atom stereocenters. The highest BCUT2D eigenvalue weighted by Gasteiger charge is 2.32. The fraction of sp³-hybridized carbons (Fsp3) is 0.130. The van der Waals surface area contributed by atoms with E-state index in [1.165, 1.54) is 5.56 Å². The second-order valence-corrected chi connectivity index (χ2v) is 7.12. The molecule has 0 fully saturated rings. The number of H-pyrrole nitrogens is 1. The first-order valence-corrected chi connectivity index (χ1v) is 9.37. The molecular formula is C23H20N4O. The average molecular weight is 368 g/mol. The van der Waals surface area contributed by atoms with E-state index in [0.29, 0.717) is 6.54 Å². The van der Waals surface area contributed by atoms with Gasteiger partial charge in [-0.05, 0) is 46.9 Å². The SMILES string of the molecule is NC(=O)N1CCc2cc(-c3ccncc3)ccc2C1c1c[nH]c2ccccc12. The fourth-order valence-electron chi connectivity index (χ4n) is 4.24. The molecule has 0 saturated heterocycles. The number of fused-ring (bicyclic) bond motifs is 2. The van der Waals surface area contributed by atoms with E-state index in [9.17, 15) is 4.79 Å². The van der Waals surface area contributed by atoms with Gasteiger partial charge in [0.15, 0.2) is 0 Å². The lowest BCUT2D eigenvalue weighted by atomic mass is 9.86. The third-order valence-corrected chi connectivity index (χ3v) is 5.58. The molecule has 3 heterocycles. The number of rotatable bonds is 2. The normalized spacial score (nSPS) is 16.1. The summed E-state index contributed by atoms with van der Waals surface area (Å²) in [5.74, 6) is 0. The molecule has 1 atom stereocenters. The summed E-state index contributed by atoms with van der Waals surface area (Å²) >= 11 is 0. The van der Waals surface area contributed by atoms with Gasteiger partial charge in [-0.2, -0.15) is 0 Å². The standard InChI is InChI=1S/C23H20N4O/c24-23(28)27-12-9-17-13-16(15-7-10-25-11-8-15)5-6-18(17)22(27)20-14-26-21-4-2-1-3-19(20)21/h1-8,10-11,13-14,22,26H,9,12H2,(H2,24,28). The van der Waals surface area contributed by atoms with Crippen molar-refractivity contribution in [2.45, 2.75) is 12.5 Å². The Labute approximate surface area is 162 Å². The van der Waals surface area contributed by atoms with E-state index in [4.69, 9.17) is 5.73 Å². The molecule has 5 heteroatoms. The van der Waals surface area contributed by atoms with Crippen LogP contribution in [-0.2, 0) is 6.42 Å². The second-order valence-electron chi connectivity index (χ2n) is 7.12. The Morgan fingerprint density at radius 3 is 2.68 bits per heavy atom. The van der Waals surface area contributed by atoms with Gasteiger partial charge < -0.3 is 15.6 Å². The molecule has 1 aliphatic heterocycles. The molecule has 28 heavy (non-hydrogen) atoms. The van der Waals surface area contributed by atoms with Crippen LogP contribution in [0.25, 0.3) is 22.0 Å². The van der Waals surface area contributed by atoms with Crippen molar-refractivity contribution in [1.82, 2.24) is 14.9 Å². The van der Waals surface area contributed by atoms with E-state index in [2.05, 4.69) is 34.2 Å². The smallest absolute Gasteiger partial charge is 0.315 e. The number of amides is 2. The molecule has 138 valence electrons. The third-order valence-electron chi connectivity index (χ3n) is 5.58. The molecule has 2 amide bonds. The van der Waals surface area contributed by atoms with Crippen LogP contribution < -0.4 is 5.73 Å². The number of carbonyl (C=O) groups excluding carboxylic acids is 1. The molecule has 1 aliphatic rings. The molecule has 0 spiro atoms. The van der Waals surface area contributed by atoms with Crippen molar-refractivity contribution in [2.75, 3.05) is 6.54 Å². The van der Waals surface area contributed by atoms with Crippen molar-refractivity contribution in [3.05, 3.63) is 89.9 Å². The summed E-state index contributed by atoms with van der Waals surface area (Å²) in [4.78, 5) is 21.4. The van der Waals surface area contributed by atoms with E-state index in [1.807, 2.05) is 36.5 Å². The fourth-order valence-corrected chi connectivity index (χ4v) is 4.24. The Bertz CT molecular complexity index is 1170. The predicted octanol–water partition coefficient (Wildman–Crippen LogP) is 4.26. The summed E-state index contributed by atoms with van der Waals surface area (Å²) in [5.41, 5.74) is 12.6. The maximum absolute atomic E-state index is 12.2. The average Bonchev–Trinajstić information content (AvgIpc) is 3.17. The molecule has 2 aromatic carbocycles. The lowest BCUT2D eigenvalue weighted by molar-refractivity contribution is 0.190. The number of hydrogen-bond acceptors (Lipinski definition) is 2. The maximum atomic E-state index is 12.2. The van der Waals surface area contributed by atoms with Crippen molar-refractivity contribution in [1.29, 1.82) is 0 Å². The minimum Gasteiger partial charge on any atom is -0.361 e. The quantitative estimate of drug-likeness (QED) is 0.555. The van der Waals surface area contributed by atoms with Crippen LogP contribution in [0, 0.1) is 0 Å². The van der Waals surface area contributed by atoms with E-state index in [1.54, 1.807) is 17.3 Å². The van der Waals surface area contributed by atoms with Gasteiger partial charge in [0, 0.05) is 41.6 Å². The number of urea groups is 1. The highest BCUT2D eigenvalue weighted by Crippen LogP contribution is 2.39. The number of pyridine rings is 1. The van der Waals surface area contributed by atoms with Crippen LogP contribution in [0.1, 0.15) is 22.7 Å². The van der Waals surface area contributed by atoms with Gasteiger partial charge in [-0.3, -0.25) is 4.98 Å². The first-order chi connectivity index (χ1) is 13.7. The van der Waals surface area contributed by atoms with Gasteiger partial charge in [0.25, 0.3) is 0 Å². The minimum absolute atomic E-state index is 0.191. The molecule has 2 aromatic heterocycles. The van der Waals surface area contributed by atoms with Crippen LogP contribution in [-0.4, -0.2) is 27.4 Å². The lowest BCUT2D eigenvalue weighted by Gasteiger charge is -2.36. The van der Waals surface area contributed by atoms with Gasteiger partial charge >= 0.3 is 6.03 Å². The number of nitrogens with one attached hydrogen (secondary N) is 1. The van der Waals surface area contributed by atoms with Gasteiger partial charge in [-0.15, -0.1) is 0 Å². The Hall–Kier alpha value is -3.60. The Balaban J connectivity index is 1.66. The highest BCUT2D eigenvalue weighted by molar-refractivity contribution is 5.85. The van der Waals surface area contributed by atoms with Crippen molar-refractivity contribution >= 4 is 16.9 Å². The number of aromatic amines is 1. The monoisotopic (exact) mass is 368 g/mol. The molecule has 5 rings (SSSR count). The molecule has 0 saturated carbocycles. The Kier molecular flexibility index (Phi) is 3.86. The number of aromatic nitrogens is 2. The maximum Gasteiger partial charge on any atom is 0.315 e. The van der Waals surface area contributed by atoms with E-state index >= 15 is 0 Å². The first kappa shape index (κ1) is 16.6.